The van der Waals surface area contributed by atoms with E-state index < -0.39 is 0 Å². The van der Waals surface area contributed by atoms with Crippen LogP contribution in [0.1, 0.15) is 42.7 Å². The molecule has 0 radical (unpaired) electrons. The maximum Gasteiger partial charge on any atom is 0.320 e. The number of rotatable bonds is 4. The van der Waals surface area contributed by atoms with Crippen LogP contribution in [0.2, 0.25) is 0 Å². The van der Waals surface area contributed by atoms with Crippen LogP contribution in [0.25, 0.3) is 0 Å². The summed E-state index contributed by atoms with van der Waals surface area (Å²) in [7, 11) is 0. The first kappa shape index (κ1) is 17.4. The van der Waals surface area contributed by atoms with Gasteiger partial charge in [-0.2, -0.15) is 14.7 Å². The van der Waals surface area contributed by atoms with Gasteiger partial charge in [-0.1, -0.05) is 0 Å². The SMILES string of the molecule is CCn1cc([C@H]2OCCC[C@@H]2NC(=O)Nc2snc(C)c2C#N)cn1. The Morgan fingerprint density at radius 2 is 2.44 bits per heavy atom. The van der Waals surface area contributed by atoms with E-state index in [2.05, 4.69) is 26.2 Å². The minimum atomic E-state index is -0.358. The zero-order valence-electron chi connectivity index (χ0n) is 14.2. The third-order valence-corrected chi connectivity index (χ3v) is 5.00. The molecular formula is C16H20N6O2S. The van der Waals surface area contributed by atoms with Crippen LogP contribution >= 0.6 is 11.5 Å². The average molecular weight is 360 g/mol. The van der Waals surface area contributed by atoms with Gasteiger partial charge in [0.15, 0.2) is 0 Å². The van der Waals surface area contributed by atoms with Gasteiger partial charge in [0, 0.05) is 24.9 Å². The molecule has 1 fully saturated rings. The Bertz CT molecular complexity index is 793. The number of hydrogen-bond acceptors (Lipinski definition) is 6. The molecule has 25 heavy (non-hydrogen) atoms. The molecule has 3 rings (SSSR count). The number of anilines is 1. The Balaban J connectivity index is 1.68. The molecule has 1 aliphatic rings. The summed E-state index contributed by atoms with van der Waals surface area (Å²) in [5.74, 6) is 0. The van der Waals surface area contributed by atoms with Crippen molar-refractivity contribution in [1.82, 2.24) is 19.5 Å². The molecule has 3 heterocycles. The quantitative estimate of drug-likeness (QED) is 0.872. The Morgan fingerprint density at radius 1 is 1.60 bits per heavy atom. The number of nitrogens with one attached hydrogen (secondary N) is 2. The number of urea groups is 1. The highest BCUT2D eigenvalue weighted by Crippen LogP contribution is 2.29. The van der Waals surface area contributed by atoms with Crippen molar-refractivity contribution in [2.45, 2.75) is 45.4 Å². The summed E-state index contributed by atoms with van der Waals surface area (Å²) in [6.07, 6.45) is 5.21. The second kappa shape index (κ2) is 7.63. The molecule has 132 valence electrons. The van der Waals surface area contributed by atoms with Crippen molar-refractivity contribution in [3.8, 4) is 6.07 Å². The third-order valence-electron chi connectivity index (χ3n) is 4.15. The van der Waals surface area contributed by atoms with Gasteiger partial charge in [-0.25, -0.2) is 4.79 Å². The molecule has 0 aromatic carbocycles. The summed E-state index contributed by atoms with van der Waals surface area (Å²) in [6, 6.07) is 1.56. The van der Waals surface area contributed by atoms with Gasteiger partial charge in [-0.3, -0.25) is 10.00 Å². The van der Waals surface area contributed by atoms with E-state index in [1.54, 1.807) is 13.1 Å². The summed E-state index contributed by atoms with van der Waals surface area (Å²) in [4.78, 5) is 12.4. The molecule has 1 aliphatic heterocycles. The fourth-order valence-corrected chi connectivity index (χ4v) is 3.59. The zero-order valence-corrected chi connectivity index (χ0v) is 15.0. The number of amides is 2. The van der Waals surface area contributed by atoms with Gasteiger partial charge in [-0.05, 0) is 38.2 Å². The second-order valence-corrected chi connectivity index (χ2v) is 6.63. The summed E-state index contributed by atoms with van der Waals surface area (Å²) in [5, 5.41) is 19.6. The summed E-state index contributed by atoms with van der Waals surface area (Å²) < 4.78 is 11.8. The number of nitriles is 1. The van der Waals surface area contributed by atoms with Gasteiger partial charge in [0.05, 0.1) is 17.9 Å². The first-order valence-electron chi connectivity index (χ1n) is 8.20. The highest BCUT2D eigenvalue weighted by molar-refractivity contribution is 7.10. The van der Waals surface area contributed by atoms with E-state index in [0.717, 1.165) is 36.5 Å². The van der Waals surface area contributed by atoms with E-state index in [0.29, 0.717) is 22.9 Å². The average Bonchev–Trinajstić information content (AvgIpc) is 3.22. The standard InChI is InChI=1S/C16H20N6O2S/c1-3-22-9-11(8-18-22)14-13(5-4-6-24-14)19-16(23)20-15-12(7-17)10(2)21-25-15/h8-9,13-14H,3-6H2,1-2H3,(H2,19,20,23)/t13-,14+/m0/s1. The maximum atomic E-state index is 12.4. The maximum absolute atomic E-state index is 12.4. The second-order valence-electron chi connectivity index (χ2n) is 5.85. The molecular weight excluding hydrogens is 340 g/mol. The zero-order chi connectivity index (χ0) is 17.8. The molecule has 2 aromatic rings. The van der Waals surface area contributed by atoms with Crippen molar-refractivity contribution in [1.29, 1.82) is 5.26 Å². The van der Waals surface area contributed by atoms with Crippen LogP contribution in [-0.4, -0.2) is 32.8 Å². The fourth-order valence-electron chi connectivity index (χ4n) is 2.85. The van der Waals surface area contributed by atoms with Gasteiger partial charge in [0.25, 0.3) is 0 Å². The Kier molecular flexibility index (Phi) is 5.31. The topological polar surface area (TPSA) is 105 Å². The predicted molar refractivity (Wildman–Crippen MR) is 93.3 cm³/mol. The number of hydrogen-bond donors (Lipinski definition) is 2. The molecule has 2 aromatic heterocycles. The van der Waals surface area contributed by atoms with Crippen molar-refractivity contribution in [3.63, 3.8) is 0 Å². The molecule has 0 saturated carbocycles. The molecule has 0 unspecified atom stereocenters. The van der Waals surface area contributed by atoms with Crippen LogP contribution < -0.4 is 10.6 Å². The molecule has 0 aliphatic carbocycles. The van der Waals surface area contributed by atoms with E-state index in [4.69, 9.17) is 10.00 Å². The molecule has 2 amide bonds. The molecule has 0 spiro atoms. The van der Waals surface area contributed by atoms with Gasteiger partial charge in [0.1, 0.15) is 22.7 Å². The highest BCUT2D eigenvalue weighted by atomic mass is 32.1. The van der Waals surface area contributed by atoms with Crippen LogP contribution in [0.5, 0.6) is 0 Å². The molecule has 9 heteroatoms. The van der Waals surface area contributed by atoms with Crippen LogP contribution in [0, 0.1) is 18.3 Å². The van der Waals surface area contributed by atoms with Crippen molar-refractivity contribution in [2.75, 3.05) is 11.9 Å². The van der Waals surface area contributed by atoms with Crippen LogP contribution in [0.15, 0.2) is 12.4 Å². The van der Waals surface area contributed by atoms with Crippen LogP contribution in [-0.2, 0) is 11.3 Å². The van der Waals surface area contributed by atoms with Crippen molar-refractivity contribution < 1.29 is 9.53 Å². The number of carbonyl (C=O) groups is 1. The minimum absolute atomic E-state index is 0.150. The molecule has 2 N–H and O–H groups in total. The lowest BCUT2D eigenvalue weighted by molar-refractivity contribution is -0.00701. The fraction of sp³-hybridized carbons (Fsp3) is 0.500. The molecule has 8 nitrogen and oxygen atoms in total. The van der Waals surface area contributed by atoms with Crippen LogP contribution in [0.4, 0.5) is 9.80 Å². The monoisotopic (exact) mass is 360 g/mol. The van der Waals surface area contributed by atoms with E-state index in [9.17, 15) is 4.79 Å². The largest absolute Gasteiger partial charge is 0.371 e. The van der Waals surface area contributed by atoms with Crippen molar-refractivity contribution in [3.05, 3.63) is 29.2 Å². The summed E-state index contributed by atoms with van der Waals surface area (Å²) in [6.45, 7) is 5.21. The molecule has 2 atom stereocenters. The van der Waals surface area contributed by atoms with Crippen molar-refractivity contribution in [2.24, 2.45) is 0 Å². The molecule has 1 saturated heterocycles. The first-order valence-corrected chi connectivity index (χ1v) is 8.97. The Hall–Kier alpha value is -2.44. The molecule has 0 bridgehead atoms. The number of aryl methyl sites for hydroxylation is 2. The van der Waals surface area contributed by atoms with E-state index in [-0.39, 0.29) is 18.2 Å². The Labute approximate surface area is 150 Å². The summed E-state index contributed by atoms with van der Waals surface area (Å²) >= 11 is 1.11. The first-order chi connectivity index (χ1) is 12.1. The van der Waals surface area contributed by atoms with Crippen molar-refractivity contribution >= 4 is 22.6 Å². The lowest BCUT2D eigenvalue weighted by atomic mass is 9.98. The minimum Gasteiger partial charge on any atom is -0.371 e. The number of nitrogens with zero attached hydrogens (tertiary/aromatic N) is 4. The van der Waals surface area contributed by atoms with E-state index in [1.807, 2.05) is 17.8 Å². The number of carbonyl (C=O) groups excluding carboxylic acids is 1. The smallest absolute Gasteiger partial charge is 0.320 e. The highest BCUT2D eigenvalue weighted by Gasteiger charge is 2.30. The van der Waals surface area contributed by atoms with Gasteiger partial charge in [-0.15, -0.1) is 0 Å². The van der Waals surface area contributed by atoms with Gasteiger partial charge in [0.2, 0.25) is 0 Å². The lowest BCUT2D eigenvalue weighted by Crippen LogP contribution is -2.44. The predicted octanol–water partition coefficient (Wildman–Crippen LogP) is 2.58. The third kappa shape index (κ3) is 3.81. The number of ether oxygens (including phenoxy) is 1. The van der Waals surface area contributed by atoms with Crippen LogP contribution in [0.3, 0.4) is 0 Å². The van der Waals surface area contributed by atoms with E-state index in [1.165, 1.54) is 0 Å². The Morgan fingerprint density at radius 3 is 3.16 bits per heavy atom. The van der Waals surface area contributed by atoms with E-state index >= 15 is 0 Å². The number of aromatic nitrogens is 3. The normalized spacial score (nSPS) is 20.0. The van der Waals surface area contributed by atoms with Gasteiger partial charge < -0.3 is 10.1 Å². The van der Waals surface area contributed by atoms with Gasteiger partial charge >= 0.3 is 6.03 Å². The lowest BCUT2D eigenvalue weighted by Gasteiger charge is -2.31. The summed E-state index contributed by atoms with van der Waals surface area (Å²) in [5.41, 5.74) is 1.98.